The van der Waals surface area contributed by atoms with E-state index in [2.05, 4.69) is 10.2 Å². The highest BCUT2D eigenvalue weighted by molar-refractivity contribution is 6.48. The average Bonchev–Trinajstić information content (AvgIpc) is 3.09. The van der Waals surface area contributed by atoms with Gasteiger partial charge in [-0.3, -0.25) is 19.3 Å². The first-order valence-electron chi connectivity index (χ1n) is 11.0. The summed E-state index contributed by atoms with van der Waals surface area (Å²) >= 11 is 0. The number of aromatic nitrogens is 2. The zero-order valence-corrected chi connectivity index (χ0v) is 19.2. The molecule has 1 amide bonds. The van der Waals surface area contributed by atoms with E-state index in [0.717, 1.165) is 22.6 Å². The number of ketones is 2. The van der Waals surface area contributed by atoms with Crippen molar-refractivity contribution in [1.82, 2.24) is 10.2 Å². The lowest BCUT2D eigenvalue weighted by molar-refractivity contribution is -0.137. The summed E-state index contributed by atoms with van der Waals surface area (Å²) < 4.78 is 39.4. The molecule has 0 aliphatic carbocycles. The predicted octanol–water partition coefficient (Wildman–Crippen LogP) is 5.08. The molecule has 1 saturated heterocycles. The molecule has 35 heavy (non-hydrogen) atoms. The molecule has 1 aliphatic heterocycles. The van der Waals surface area contributed by atoms with Crippen LogP contribution >= 0.6 is 0 Å². The highest BCUT2D eigenvalue weighted by atomic mass is 19.4. The first kappa shape index (κ1) is 24.3. The van der Waals surface area contributed by atoms with Crippen molar-refractivity contribution in [2.45, 2.75) is 38.9 Å². The van der Waals surface area contributed by atoms with Gasteiger partial charge in [0.15, 0.2) is 11.6 Å². The second kappa shape index (κ2) is 9.05. The SMILES string of the molecule is Cc1ccc(N2C(=O)C(=O)C(C(=O)c3ccc(C(C)C)cc3)[C@H]2c2ccc(C(F)(F)F)cc2)nn1. The van der Waals surface area contributed by atoms with Gasteiger partial charge in [-0.15, -0.1) is 5.10 Å². The summed E-state index contributed by atoms with van der Waals surface area (Å²) in [4.78, 5) is 40.7. The second-order valence-corrected chi connectivity index (χ2v) is 8.76. The second-order valence-electron chi connectivity index (χ2n) is 8.76. The fraction of sp³-hybridized carbons (Fsp3) is 0.269. The van der Waals surface area contributed by atoms with Crippen LogP contribution in [0.3, 0.4) is 0 Å². The van der Waals surface area contributed by atoms with Crippen molar-refractivity contribution in [2.75, 3.05) is 4.90 Å². The number of alkyl halides is 3. The molecular formula is C26H22F3N3O3. The van der Waals surface area contributed by atoms with Crippen LogP contribution in [0.15, 0.2) is 60.7 Å². The smallest absolute Gasteiger partial charge is 0.293 e. The molecule has 0 bridgehead atoms. The number of hydrogen-bond donors (Lipinski definition) is 0. The summed E-state index contributed by atoms with van der Waals surface area (Å²) in [7, 11) is 0. The average molecular weight is 481 g/mol. The van der Waals surface area contributed by atoms with Gasteiger partial charge in [0.25, 0.3) is 5.91 Å². The number of benzene rings is 2. The van der Waals surface area contributed by atoms with Crippen LogP contribution in [0.2, 0.25) is 0 Å². The van der Waals surface area contributed by atoms with E-state index in [9.17, 15) is 27.6 Å². The molecule has 1 aliphatic rings. The fourth-order valence-corrected chi connectivity index (χ4v) is 4.12. The number of Topliss-reactive ketones (excluding diaryl/α,β-unsaturated/α-hetero) is 2. The predicted molar refractivity (Wildman–Crippen MR) is 122 cm³/mol. The van der Waals surface area contributed by atoms with E-state index in [1.807, 2.05) is 13.8 Å². The molecule has 9 heteroatoms. The molecule has 2 heterocycles. The number of carbonyl (C=O) groups is 3. The Morgan fingerprint density at radius 2 is 1.54 bits per heavy atom. The Kier molecular flexibility index (Phi) is 6.27. The topological polar surface area (TPSA) is 80.2 Å². The summed E-state index contributed by atoms with van der Waals surface area (Å²) in [5.41, 5.74) is 1.11. The Balaban J connectivity index is 1.81. The Morgan fingerprint density at radius 3 is 2.06 bits per heavy atom. The monoisotopic (exact) mass is 481 g/mol. The van der Waals surface area contributed by atoms with Crippen molar-refractivity contribution >= 4 is 23.3 Å². The largest absolute Gasteiger partial charge is 0.416 e. The Morgan fingerprint density at radius 1 is 0.914 bits per heavy atom. The first-order valence-corrected chi connectivity index (χ1v) is 11.0. The van der Waals surface area contributed by atoms with Gasteiger partial charge in [0.1, 0.15) is 5.92 Å². The minimum absolute atomic E-state index is 0.0318. The highest BCUT2D eigenvalue weighted by Crippen LogP contribution is 2.41. The van der Waals surface area contributed by atoms with Crippen molar-refractivity contribution in [3.63, 3.8) is 0 Å². The number of amides is 1. The summed E-state index contributed by atoms with van der Waals surface area (Å²) in [6.45, 7) is 5.68. The third kappa shape index (κ3) is 4.58. The molecule has 2 atom stereocenters. The van der Waals surface area contributed by atoms with E-state index in [4.69, 9.17) is 0 Å². The van der Waals surface area contributed by atoms with Crippen LogP contribution in [0, 0.1) is 12.8 Å². The summed E-state index contributed by atoms with van der Waals surface area (Å²) in [6.07, 6.45) is -4.56. The lowest BCUT2D eigenvalue weighted by atomic mass is 9.85. The van der Waals surface area contributed by atoms with Gasteiger partial charge < -0.3 is 0 Å². The standard InChI is InChI=1S/C26H22F3N3O3/c1-14(2)16-5-7-18(8-6-16)23(33)21-22(17-9-11-19(12-10-17)26(27,28)29)32(25(35)24(21)34)20-13-4-15(3)30-31-20/h4-14,21-22H,1-3H3/t21?,22-/m1/s1. The molecule has 2 aromatic carbocycles. The molecule has 180 valence electrons. The minimum atomic E-state index is -4.56. The number of halogens is 3. The van der Waals surface area contributed by atoms with Gasteiger partial charge in [0.05, 0.1) is 17.3 Å². The molecule has 4 rings (SSSR count). The van der Waals surface area contributed by atoms with Crippen molar-refractivity contribution in [3.8, 4) is 0 Å². The summed E-state index contributed by atoms with van der Waals surface area (Å²) in [5.74, 6) is -3.70. The van der Waals surface area contributed by atoms with Crippen LogP contribution in [0.5, 0.6) is 0 Å². The van der Waals surface area contributed by atoms with E-state index in [0.29, 0.717) is 5.69 Å². The molecule has 0 spiro atoms. The maximum atomic E-state index is 13.5. The Hall–Kier alpha value is -3.88. The van der Waals surface area contributed by atoms with E-state index in [1.54, 1.807) is 37.3 Å². The van der Waals surface area contributed by atoms with E-state index in [-0.39, 0.29) is 22.9 Å². The maximum Gasteiger partial charge on any atom is 0.416 e. The summed E-state index contributed by atoms with van der Waals surface area (Å²) in [6, 6.07) is 12.7. The molecule has 0 saturated carbocycles. The number of hydrogen-bond acceptors (Lipinski definition) is 5. The third-order valence-electron chi connectivity index (χ3n) is 6.06. The van der Waals surface area contributed by atoms with Crippen LogP contribution in [0.25, 0.3) is 0 Å². The molecular weight excluding hydrogens is 459 g/mol. The van der Waals surface area contributed by atoms with Crippen molar-refractivity contribution in [2.24, 2.45) is 5.92 Å². The number of rotatable bonds is 5. The minimum Gasteiger partial charge on any atom is -0.293 e. The van der Waals surface area contributed by atoms with Gasteiger partial charge in [-0.05, 0) is 48.2 Å². The normalized spacial score (nSPS) is 18.4. The van der Waals surface area contributed by atoms with Crippen LogP contribution in [0.4, 0.5) is 19.0 Å². The van der Waals surface area contributed by atoms with Gasteiger partial charge in [-0.2, -0.15) is 18.3 Å². The number of anilines is 1. The van der Waals surface area contributed by atoms with E-state index >= 15 is 0 Å². The van der Waals surface area contributed by atoms with Gasteiger partial charge >= 0.3 is 6.18 Å². The number of nitrogens with zero attached hydrogens (tertiary/aromatic N) is 3. The Labute approximate surface area is 199 Å². The highest BCUT2D eigenvalue weighted by Gasteiger charge is 2.53. The van der Waals surface area contributed by atoms with Crippen LogP contribution in [0.1, 0.15) is 58.5 Å². The number of carbonyl (C=O) groups excluding carboxylic acids is 3. The van der Waals surface area contributed by atoms with Gasteiger partial charge in [-0.25, -0.2) is 0 Å². The van der Waals surface area contributed by atoms with Gasteiger partial charge in [0, 0.05) is 5.56 Å². The van der Waals surface area contributed by atoms with E-state index < -0.39 is 41.2 Å². The maximum absolute atomic E-state index is 13.5. The lowest BCUT2D eigenvalue weighted by Crippen LogP contribution is -2.31. The molecule has 1 unspecified atom stereocenters. The number of aryl methyl sites for hydroxylation is 1. The molecule has 0 radical (unpaired) electrons. The third-order valence-corrected chi connectivity index (χ3v) is 6.06. The molecule has 0 N–H and O–H groups in total. The zero-order chi connectivity index (χ0) is 25.5. The van der Waals surface area contributed by atoms with Crippen molar-refractivity contribution in [3.05, 3.63) is 88.6 Å². The summed E-state index contributed by atoms with van der Waals surface area (Å²) in [5, 5.41) is 7.91. The molecule has 6 nitrogen and oxygen atoms in total. The first-order chi connectivity index (χ1) is 16.5. The molecule has 1 fully saturated rings. The zero-order valence-electron chi connectivity index (χ0n) is 19.2. The molecule has 3 aromatic rings. The lowest BCUT2D eigenvalue weighted by Gasteiger charge is -2.26. The van der Waals surface area contributed by atoms with Crippen molar-refractivity contribution < 1.29 is 27.6 Å². The van der Waals surface area contributed by atoms with E-state index in [1.165, 1.54) is 18.2 Å². The van der Waals surface area contributed by atoms with Gasteiger partial charge in [-0.1, -0.05) is 50.2 Å². The molecule has 1 aromatic heterocycles. The Bertz CT molecular complexity index is 1270. The van der Waals surface area contributed by atoms with Crippen LogP contribution in [-0.4, -0.2) is 27.7 Å². The quantitative estimate of drug-likeness (QED) is 0.288. The fourth-order valence-electron chi connectivity index (χ4n) is 4.12. The van der Waals surface area contributed by atoms with Crippen LogP contribution in [-0.2, 0) is 15.8 Å². The van der Waals surface area contributed by atoms with Crippen LogP contribution < -0.4 is 4.90 Å². The van der Waals surface area contributed by atoms with Crippen molar-refractivity contribution in [1.29, 1.82) is 0 Å². The van der Waals surface area contributed by atoms with Gasteiger partial charge in [0.2, 0.25) is 5.78 Å².